The molecule has 1 aliphatic carbocycles. The van der Waals surface area contributed by atoms with Crippen LogP contribution in [0.3, 0.4) is 0 Å². The monoisotopic (exact) mass is 137 g/mol. The van der Waals surface area contributed by atoms with Crippen LogP contribution >= 0.6 is 0 Å². The van der Waals surface area contributed by atoms with Crippen molar-refractivity contribution in [1.29, 1.82) is 0 Å². The van der Waals surface area contributed by atoms with E-state index in [1.165, 1.54) is 12.8 Å². The SMILES string of the molecule is CC1(C)[C]=CCC(C)(C)C1. The quantitative estimate of drug-likeness (QED) is 0.481. The maximum absolute atomic E-state index is 3.39. The predicted molar refractivity (Wildman–Crippen MR) is 44.6 cm³/mol. The van der Waals surface area contributed by atoms with Crippen molar-refractivity contribution in [2.75, 3.05) is 0 Å². The van der Waals surface area contributed by atoms with E-state index in [0.29, 0.717) is 10.8 Å². The maximum atomic E-state index is 3.39. The van der Waals surface area contributed by atoms with Gasteiger partial charge >= 0.3 is 0 Å². The molecule has 0 unspecified atom stereocenters. The first kappa shape index (κ1) is 7.84. The van der Waals surface area contributed by atoms with Crippen LogP contribution in [0.1, 0.15) is 40.5 Å². The molecule has 0 nitrogen and oxygen atoms in total. The van der Waals surface area contributed by atoms with E-state index in [1.54, 1.807) is 0 Å². The first-order valence-corrected chi connectivity index (χ1v) is 4.01. The van der Waals surface area contributed by atoms with Gasteiger partial charge in [0.25, 0.3) is 0 Å². The summed E-state index contributed by atoms with van der Waals surface area (Å²) in [5.74, 6) is 0. The number of rotatable bonds is 0. The van der Waals surface area contributed by atoms with Crippen LogP contribution in [0.2, 0.25) is 0 Å². The van der Waals surface area contributed by atoms with Gasteiger partial charge in [-0.25, -0.2) is 0 Å². The Hall–Kier alpha value is -0.260. The summed E-state index contributed by atoms with van der Waals surface area (Å²) in [5, 5.41) is 0. The van der Waals surface area contributed by atoms with Crippen LogP contribution in [0, 0.1) is 16.9 Å². The lowest BCUT2D eigenvalue weighted by molar-refractivity contribution is 0.215. The van der Waals surface area contributed by atoms with Crippen LogP contribution in [-0.2, 0) is 0 Å². The third kappa shape index (κ3) is 1.86. The molecule has 1 rings (SSSR count). The van der Waals surface area contributed by atoms with E-state index >= 15 is 0 Å². The highest BCUT2D eigenvalue weighted by Gasteiger charge is 2.29. The summed E-state index contributed by atoms with van der Waals surface area (Å²) < 4.78 is 0. The molecular formula is C10H17. The smallest absolute Gasteiger partial charge is 0.00987 e. The molecule has 0 atom stereocenters. The Bertz CT molecular complexity index is 149. The largest absolute Gasteiger partial charge is 0.0800 e. The molecule has 0 spiro atoms. The van der Waals surface area contributed by atoms with E-state index in [2.05, 4.69) is 39.8 Å². The van der Waals surface area contributed by atoms with Crippen molar-refractivity contribution >= 4 is 0 Å². The minimum atomic E-state index is 0.307. The van der Waals surface area contributed by atoms with Crippen molar-refractivity contribution in [3.63, 3.8) is 0 Å². The fourth-order valence-corrected chi connectivity index (χ4v) is 1.92. The zero-order chi connectivity index (χ0) is 7.83. The zero-order valence-electron chi connectivity index (χ0n) is 7.49. The van der Waals surface area contributed by atoms with Crippen LogP contribution in [0.25, 0.3) is 0 Å². The second-order valence-electron chi connectivity index (χ2n) is 4.78. The van der Waals surface area contributed by atoms with Crippen molar-refractivity contribution in [1.82, 2.24) is 0 Å². The lowest BCUT2D eigenvalue weighted by Crippen LogP contribution is -2.24. The van der Waals surface area contributed by atoms with E-state index in [-0.39, 0.29) is 0 Å². The van der Waals surface area contributed by atoms with E-state index in [9.17, 15) is 0 Å². The van der Waals surface area contributed by atoms with Crippen molar-refractivity contribution < 1.29 is 0 Å². The molecule has 0 aliphatic heterocycles. The Balaban J connectivity index is 2.73. The van der Waals surface area contributed by atoms with Crippen LogP contribution in [-0.4, -0.2) is 0 Å². The minimum Gasteiger partial charge on any atom is -0.0800 e. The van der Waals surface area contributed by atoms with Gasteiger partial charge in [0.15, 0.2) is 0 Å². The number of hydrogen-bond acceptors (Lipinski definition) is 0. The molecular weight excluding hydrogens is 120 g/mol. The molecule has 10 heavy (non-hydrogen) atoms. The first-order chi connectivity index (χ1) is 4.41. The second-order valence-corrected chi connectivity index (χ2v) is 4.78. The summed E-state index contributed by atoms with van der Waals surface area (Å²) in [6, 6.07) is 0. The fraction of sp³-hybridized carbons (Fsp3) is 0.800. The Morgan fingerprint density at radius 1 is 1.20 bits per heavy atom. The van der Waals surface area contributed by atoms with Crippen LogP contribution in [0.4, 0.5) is 0 Å². The molecule has 0 heterocycles. The van der Waals surface area contributed by atoms with E-state index in [0.717, 1.165) is 0 Å². The van der Waals surface area contributed by atoms with Gasteiger partial charge in [0.1, 0.15) is 0 Å². The molecule has 0 saturated carbocycles. The second kappa shape index (κ2) is 2.11. The third-order valence-electron chi connectivity index (χ3n) is 2.07. The molecule has 0 aromatic carbocycles. The summed E-state index contributed by atoms with van der Waals surface area (Å²) in [7, 11) is 0. The van der Waals surface area contributed by atoms with Crippen molar-refractivity contribution in [2.45, 2.75) is 40.5 Å². The van der Waals surface area contributed by atoms with E-state index < -0.39 is 0 Å². The van der Waals surface area contributed by atoms with Crippen LogP contribution in [0.5, 0.6) is 0 Å². The van der Waals surface area contributed by atoms with Crippen LogP contribution < -0.4 is 0 Å². The maximum Gasteiger partial charge on any atom is -0.00987 e. The average Bonchev–Trinajstić information content (AvgIpc) is 1.56. The summed E-state index contributed by atoms with van der Waals surface area (Å²) in [6.45, 7) is 9.16. The Labute approximate surface area is 64.3 Å². The van der Waals surface area contributed by atoms with Gasteiger partial charge in [0.2, 0.25) is 0 Å². The molecule has 0 heteroatoms. The predicted octanol–water partition coefficient (Wildman–Crippen LogP) is 3.19. The van der Waals surface area contributed by atoms with E-state index in [4.69, 9.17) is 0 Å². The topological polar surface area (TPSA) is 0 Å². The molecule has 57 valence electrons. The van der Waals surface area contributed by atoms with E-state index in [1.807, 2.05) is 0 Å². The Kier molecular flexibility index (Phi) is 1.66. The molecule has 0 bridgehead atoms. The molecule has 0 amide bonds. The summed E-state index contributed by atoms with van der Waals surface area (Å²) in [4.78, 5) is 0. The molecule has 0 fully saturated rings. The van der Waals surface area contributed by atoms with Gasteiger partial charge in [-0.2, -0.15) is 0 Å². The standard InChI is InChI=1S/C10H17/c1-9(2)6-5-7-10(3,4)8-9/h5H,6,8H2,1-4H3. The van der Waals surface area contributed by atoms with Gasteiger partial charge < -0.3 is 0 Å². The molecule has 0 aromatic heterocycles. The Morgan fingerprint density at radius 2 is 1.80 bits per heavy atom. The van der Waals surface area contributed by atoms with Crippen LogP contribution in [0.15, 0.2) is 6.08 Å². The van der Waals surface area contributed by atoms with Gasteiger partial charge in [0.05, 0.1) is 0 Å². The highest BCUT2D eigenvalue weighted by atomic mass is 14.3. The summed E-state index contributed by atoms with van der Waals surface area (Å²) in [6.07, 6.45) is 8.04. The van der Waals surface area contributed by atoms with Crippen molar-refractivity contribution in [2.24, 2.45) is 10.8 Å². The molecule has 0 saturated heterocycles. The van der Waals surface area contributed by atoms with Gasteiger partial charge in [0, 0.05) is 0 Å². The summed E-state index contributed by atoms with van der Waals surface area (Å²) >= 11 is 0. The third-order valence-corrected chi connectivity index (χ3v) is 2.07. The zero-order valence-corrected chi connectivity index (χ0v) is 7.49. The normalized spacial score (nSPS) is 28.4. The lowest BCUT2D eigenvalue weighted by atomic mass is 9.69. The van der Waals surface area contributed by atoms with Gasteiger partial charge in [-0.15, -0.1) is 0 Å². The number of hydrogen-bond donors (Lipinski definition) is 0. The van der Waals surface area contributed by atoms with Crippen molar-refractivity contribution in [3.05, 3.63) is 12.2 Å². The summed E-state index contributed by atoms with van der Waals surface area (Å²) in [5.41, 5.74) is 0.802. The highest BCUT2D eigenvalue weighted by molar-refractivity contribution is 4.98. The molecule has 0 aromatic rings. The highest BCUT2D eigenvalue weighted by Crippen LogP contribution is 2.40. The van der Waals surface area contributed by atoms with Gasteiger partial charge in [-0.3, -0.25) is 0 Å². The molecule has 1 aliphatic rings. The van der Waals surface area contributed by atoms with Gasteiger partial charge in [-0.1, -0.05) is 33.8 Å². The lowest BCUT2D eigenvalue weighted by Gasteiger charge is -2.35. The van der Waals surface area contributed by atoms with Crippen molar-refractivity contribution in [3.8, 4) is 0 Å². The fourth-order valence-electron chi connectivity index (χ4n) is 1.92. The Morgan fingerprint density at radius 3 is 2.10 bits per heavy atom. The minimum absolute atomic E-state index is 0.307. The first-order valence-electron chi connectivity index (χ1n) is 4.01. The molecule has 1 radical (unpaired) electrons. The molecule has 0 N–H and O–H groups in total. The average molecular weight is 137 g/mol. The number of allylic oxidation sites excluding steroid dienone is 2. The van der Waals surface area contributed by atoms with Gasteiger partial charge in [-0.05, 0) is 29.7 Å².